The summed E-state index contributed by atoms with van der Waals surface area (Å²) in [4.78, 5) is 34.4. The Morgan fingerprint density at radius 2 is 1.38 bits per heavy atom. The van der Waals surface area contributed by atoms with Gasteiger partial charge in [0.25, 0.3) is 0 Å². The second kappa shape index (κ2) is 13.4. The topological polar surface area (TPSA) is 88.1 Å². The molecule has 0 fully saturated rings. The van der Waals surface area contributed by atoms with Gasteiger partial charge in [-0.2, -0.15) is 0 Å². The summed E-state index contributed by atoms with van der Waals surface area (Å²) < 4.78 is 20.4. The van der Waals surface area contributed by atoms with E-state index in [4.69, 9.17) is 14.2 Å². The molecule has 0 amide bonds. The average molecular weight is 465 g/mol. The molecule has 2 aromatic carbocycles. The molecule has 0 spiro atoms. The van der Waals surface area contributed by atoms with Gasteiger partial charge in [0.1, 0.15) is 11.5 Å². The van der Waals surface area contributed by atoms with E-state index in [2.05, 4.69) is 17.9 Å². The summed E-state index contributed by atoms with van der Waals surface area (Å²) >= 11 is 0. The minimum Gasteiger partial charge on any atom is -0.493 e. The Morgan fingerprint density at radius 1 is 0.824 bits per heavy atom. The average Bonchev–Trinajstić information content (AvgIpc) is 2.83. The van der Waals surface area contributed by atoms with Gasteiger partial charge in [-0.3, -0.25) is 4.79 Å². The van der Waals surface area contributed by atoms with Crippen molar-refractivity contribution in [1.29, 1.82) is 0 Å². The Hall–Kier alpha value is -4.13. The van der Waals surface area contributed by atoms with Crippen molar-refractivity contribution in [1.82, 2.24) is 0 Å². The molecule has 0 bridgehead atoms. The van der Waals surface area contributed by atoms with Crippen LogP contribution in [0.4, 0.5) is 0 Å². The minimum absolute atomic E-state index is 0.0542. The van der Waals surface area contributed by atoms with E-state index in [-0.39, 0.29) is 18.6 Å². The molecular weight excluding hydrogens is 436 g/mol. The number of methoxy groups -OCH3 is 1. The predicted molar refractivity (Wildman–Crippen MR) is 129 cm³/mol. The first-order chi connectivity index (χ1) is 16.3. The smallest absolute Gasteiger partial charge is 0.338 e. The fourth-order valence-electron chi connectivity index (χ4n) is 2.54. The zero-order valence-corrected chi connectivity index (χ0v) is 19.4. The Balaban J connectivity index is 1.73. The highest BCUT2D eigenvalue weighted by Crippen LogP contribution is 2.17. The van der Waals surface area contributed by atoms with Crippen LogP contribution in [0.15, 0.2) is 72.8 Å². The first-order valence-electron chi connectivity index (χ1n) is 10.6. The lowest BCUT2D eigenvalue weighted by Crippen LogP contribution is -2.13. The third-order valence-corrected chi connectivity index (χ3v) is 4.45. The van der Waals surface area contributed by atoms with Crippen LogP contribution in [0, 0.1) is 0 Å². The van der Waals surface area contributed by atoms with Crippen molar-refractivity contribution in [3.05, 3.63) is 84.0 Å². The lowest BCUT2D eigenvalue weighted by atomic mass is 10.1. The van der Waals surface area contributed by atoms with Crippen LogP contribution in [-0.4, -0.2) is 38.2 Å². The number of carbonyl (C=O) groups excluding carboxylic acids is 3. The van der Waals surface area contributed by atoms with E-state index >= 15 is 0 Å². The van der Waals surface area contributed by atoms with E-state index in [9.17, 15) is 14.4 Å². The third-order valence-electron chi connectivity index (χ3n) is 4.45. The summed E-state index contributed by atoms with van der Waals surface area (Å²) in [7, 11) is 1.24. The highest BCUT2D eigenvalue weighted by Gasteiger charge is 2.13. The summed E-state index contributed by atoms with van der Waals surface area (Å²) in [6.45, 7) is 9.20. The molecule has 0 aliphatic heterocycles. The van der Waals surface area contributed by atoms with Crippen LogP contribution in [0.2, 0.25) is 0 Å². The zero-order valence-electron chi connectivity index (χ0n) is 19.4. The molecule has 0 unspecified atom stereocenters. The van der Waals surface area contributed by atoms with Crippen molar-refractivity contribution < 1.29 is 33.3 Å². The first kappa shape index (κ1) is 26.1. The summed E-state index contributed by atoms with van der Waals surface area (Å²) in [6, 6.07) is 14.7. The van der Waals surface area contributed by atoms with E-state index in [0.29, 0.717) is 30.1 Å². The Bertz CT molecular complexity index is 1050. The highest BCUT2D eigenvalue weighted by atomic mass is 16.5. The van der Waals surface area contributed by atoms with Crippen LogP contribution in [-0.2, 0) is 23.9 Å². The molecule has 0 radical (unpaired) electrons. The number of ether oxygens (including phenoxy) is 4. The molecule has 0 saturated carbocycles. The maximum absolute atomic E-state index is 11.7. The van der Waals surface area contributed by atoms with E-state index in [1.807, 2.05) is 48.6 Å². The fraction of sp³-hybridized carbons (Fsp3) is 0.222. The summed E-state index contributed by atoms with van der Waals surface area (Å²) in [6.07, 6.45) is 4.21. The van der Waals surface area contributed by atoms with Crippen molar-refractivity contribution in [2.45, 2.75) is 19.8 Å². The largest absolute Gasteiger partial charge is 0.493 e. The number of hydrogen-bond acceptors (Lipinski definition) is 7. The van der Waals surface area contributed by atoms with E-state index in [1.165, 1.54) is 7.11 Å². The molecule has 0 aliphatic rings. The van der Waals surface area contributed by atoms with Gasteiger partial charge in [0, 0.05) is 17.6 Å². The molecule has 0 heterocycles. The summed E-state index contributed by atoms with van der Waals surface area (Å²) in [5.74, 6) is -0.449. The molecule has 2 aromatic rings. The lowest BCUT2D eigenvalue weighted by molar-refractivity contribution is -0.144. The Morgan fingerprint density at radius 3 is 1.91 bits per heavy atom. The van der Waals surface area contributed by atoms with Crippen LogP contribution in [0.5, 0.6) is 11.5 Å². The van der Waals surface area contributed by atoms with Crippen molar-refractivity contribution in [3.63, 3.8) is 0 Å². The maximum Gasteiger partial charge on any atom is 0.338 e. The van der Waals surface area contributed by atoms with Crippen LogP contribution in [0.25, 0.3) is 12.2 Å². The van der Waals surface area contributed by atoms with Gasteiger partial charge < -0.3 is 18.9 Å². The lowest BCUT2D eigenvalue weighted by Gasteiger charge is -2.08. The SMILES string of the molecule is C=C(C)C(=O)Oc1ccc(/C=C/c2ccc(OCCCOC(=O)C(=C)CC(=O)OC)cc2)cc1. The minimum atomic E-state index is -0.621. The molecule has 178 valence electrons. The zero-order chi connectivity index (χ0) is 24.9. The van der Waals surface area contributed by atoms with E-state index in [1.54, 1.807) is 19.1 Å². The van der Waals surface area contributed by atoms with Gasteiger partial charge in [-0.15, -0.1) is 0 Å². The Kier molecular flexibility index (Phi) is 10.3. The van der Waals surface area contributed by atoms with Gasteiger partial charge in [-0.1, -0.05) is 49.6 Å². The summed E-state index contributed by atoms with van der Waals surface area (Å²) in [5, 5.41) is 0. The van der Waals surface area contributed by atoms with Gasteiger partial charge in [-0.05, 0) is 42.3 Å². The van der Waals surface area contributed by atoms with Crippen LogP contribution >= 0.6 is 0 Å². The predicted octanol–water partition coefficient (Wildman–Crippen LogP) is 4.77. The molecular formula is C27H28O7. The molecule has 34 heavy (non-hydrogen) atoms. The van der Waals surface area contributed by atoms with Gasteiger partial charge in [0.05, 0.1) is 26.7 Å². The van der Waals surface area contributed by atoms with Gasteiger partial charge in [-0.25, -0.2) is 9.59 Å². The molecule has 2 rings (SSSR count). The number of esters is 3. The van der Waals surface area contributed by atoms with E-state index < -0.39 is 17.9 Å². The standard InChI is InChI=1S/C27H28O7/c1-19(2)26(29)34-24-14-10-22(11-15-24)7-6-21-8-12-23(13-9-21)32-16-5-17-33-27(30)20(3)18-25(28)31-4/h6-15H,1,3,5,16-18H2,2,4H3/b7-6+. The molecule has 0 saturated heterocycles. The number of hydrogen-bond donors (Lipinski definition) is 0. The number of rotatable bonds is 12. The highest BCUT2D eigenvalue weighted by molar-refractivity contribution is 5.93. The van der Waals surface area contributed by atoms with Crippen molar-refractivity contribution in [2.75, 3.05) is 20.3 Å². The van der Waals surface area contributed by atoms with Crippen LogP contribution in [0.1, 0.15) is 30.9 Å². The first-order valence-corrected chi connectivity index (χ1v) is 10.6. The number of carbonyl (C=O) groups is 3. The van der Waals surface area contributed by atoms with Gasteiger partial charge in [0.2, 0.25) is 0 Å². The van der Waals surface area contributed by atoms with Crippen molar-refractivity contribution >= 4 is 30.1 Å². The van der Waals surface area contributed by atoms with Crippen LogP contribution < -0.4 is 9.47 Å². The van der Waals surface area contributed by atoms with Crippen LogP contribution in [0.3, 0.4) is 0 Å². The van der Waals surface area contributed by atoms with E-state index in [0.717, 1.165) is 11.1 Å². The molecule has 0 N–H and O–H groups in total. The summed E-state index contributed by atoms with van der Waals surface area (Å²) in [5.41, 5.74) is 2.35. The van der Waals surface area contributed by atoms with Crippen molar-refractivity contribution in [3.8, 4) is 11.5 Å². The quantitative estimate of drug-likeness (QED) is 0.147. The molecule has 0 atom stereocenters. The van der Waals surface area contributed by atoms with Gasteiger partial charge >= 0.3 is 17.9 Å². The van der Waals surface area contributed by atoms with Crippen molar-refractivity contribution in [2.24, 2.45) is 0 Å². The van der Waals surface area contributed by atoms with Gasteiger partial charge in [0.15, 0.2) is 0 Å². The molecule has 0 aromatic heterocycles. The monoisotopic (exact) mass is 464 g/mol. The third kappa shape index (κ3) is 9.16. The fourth-order valence-corrected chi connectivity index (χ4v) is 2.54. The normalized spacial score (nSPS) is 10.4. The second-order valence-corrected chi connectivity index (χ2v) is 7.34. The molecule has 0 aliphatic carbocycles. The second-order valence-electron chi connectivity index (χ2n) is 7.34. The Labute approximate surface area is 199 Å². The molecule has 7 heteroatoms. The number of benzene rings is 2. The maximum atomic E-state index is 11.7. The molecule has 7 nitrogen and oxygen atoms in total.